The van der Waals surface area contributed by atoms with Crippen molar-refractivity contribution < 1.29 is 14.6 Å². The first-order chi connectivity index (χ1) is 7.44. The molecular weight excluding hydrogens is 204 g/mol. The summed E-state index contributed by atoms with van der Waals surface area (Å²) in [5.74, 6) is 6.97. The fourth-order valence-electron chi connectivity index (χ4n) is 1.10. The molecule has 0 fully saturated rings. The largest absolute Gasteiger partial charge is 0.497 e. The van der Waals surface area contributed by atoms with E-state index in [-0.39, 0.29) is 0 Å². The molecule has 0 unspecified atom stereocenters. The lowest BCUT2D eigenvalue weighted by atomic mass is 10.1. The minimum absolute atomic E-state index is 0.680. The zero-order chi connectivity index (χ0) is 12.2. The van der Waals surface area contributed by atoms with Crippen molar-refractivity contribution in [1.29, 1.82) is 0 Å². The molecule has 16 heavy (non-hydrogen) atoms. The molecule has 1 N–H and O–H groups in total. The Hall–Kier alpha value is -1.66. The summed E-state index contributed by atoms with van der Waals surface area (Å²) in [6.07, 6.45) is 0. The van der Waals surface area contributed by atoms with Crippen molar-refractivity contribution in [3.05, 3.63) is 23.8 Å². The van der Waals surface area contributed by atoms with Gasteiger partial charge < -0.3 is 14.6 Å². The smallest absolute Gasteiger partial charge is 0.123 e. The Morgan fingerprint density at radius 1 is 1.06 bits per heavy atom. The van der Waals surface area contributed by atoms with Gasteiger partial charge in [-0.3, -0.25) is 0 Å². The summed E-state index contributed by atoms with van der Waals surface area (Å²) in [6.45, 7) is 3.27. The third-order valence-corrected chi connectivity index (χ3v) is 1.86. The average molecular weight is 220 g/mol. The van der Waals surface area contributed by atoms with Gasteiger partial charge in [0, 0.05) is 11.6 Å². The van der Waals surface area contributed by atoms with Crippen molar-refractivity contribution in [2.45, 2.75) is 19.4 Å². The van der Waals surface area contributed by atoms with Crippen molar-refractivity contribution in [3.8, 4) is 23.3 Å². The second kappa shape index (κ2) is 4.91. The molecule has 0 radical (unpaired) electrons. The van der Waals surface area contributed by atoms with E-state index in [9.17, 15) is 5.11 Å². The Labute approximate surface area is 96.0 Å². The van der Waals surface area contributed by atoms with Gasteiger partial charge in [0.1, 0.15) is 17.1 Å². The molecule has 3 heteroatoms. The second-order valence-electron chi connectivity index (χ2n) is 3.91. The standard InChI is InChI=1S/C13H16O3/c1-13(2,14)6-5-10-7-11(15-3)9-12(8-10)16-4/h7-9,14H,1-4H3. The van der Waals surface area contributed by atoms with E-state index in [1.807, 2.05) is 0 Å². The summed E-state index contributed by atoms with van der Waals surface area (Å²) >= 11 is 0. The average Bonchev–Trinajstić information content (AvgIpc) is 2.25. The van der Waals surface area contributed by atoms with Crippen LogP contribution in [0, 0.1) is 11.8 Å². The van der Waals surface area contributed by atoms with Gasteiger partial charge in [-0.25, -0.2) is 0 Å². The molecule has 0 atom stereocenters. The van der Waals surface area contributed by atoms with E-state index < -0.39 is 5.60 Å². The zero-order valence-corrected chi connectivity index (χ0v) is 10.00. The molecule has 86 valence electrons. The SMILES string of the molecule is COc1cc(C#CC(C)(C)O)cc(OC)c1. The highest BCUT2D eigenvalue weighted by Crippen LogP contribution is 2.21. The van der Waals surface area contributed by atoms with Gasteiger partial charge in [-0.1, -0.05) is 11.8 Å². The number of ether oxygens (including phenoxy) is 2. The van der Waals surface area contributed by atoms with Gasteiger partial charge in [-0.2, -0.15) is 0 Å². The highest BCUT2D eigenvalue weighted by atomic mass is 16.5. The van der Waals surface area contributed by atoms with Gasteiger partial charge in [-0.15, -0.1) is 0 Å². The minimum atomic E-state index is -1.00. The van der Waals surface area contributed by atoms with Crippen LogP contribution in [0.2, 0.25) is 0 Å². The second-order valence-corrected chi connectivity index (χ2v) is 3.91. The van der Waals surface area contributed by atoms with Crippen LogP contribution in [0.4, 0.5) is 0 Å². The minimum Gasteiger partial charge on any atom is -0.497 e. The van der Waals surface area contributed by atoms with Gasteiger partial charge in [-0.05, 0) is 26.0 Å². The summed E-state index contributed by atoms with van der Waals surface area (Å²) in [6, 6.07) is 5.36. The summed E-state index contributed by atoms with van der Waals surface area (Å²) in [5, 5.41) is 9.50. The third kappa shape index (κ3) is 3.84. The molecule has 0 amide bonds. The van der Waals surface area contributed by atoms with Crippen molar-refractivity contribution in [1.82, 2.24) is 0 Å². The third-order valence-electron chi connectivity index (χ3n) is 1.86. The fourth-order valence-corrected chi connectivity index (χ4v) is 1.10. The molecule has 0 bridgehead atoms. The summed E-state index contributed by atoms with van der Waals surface area (Å²) in [5.41, 5.74) is -0.255. The predicted molar refractivity (Wildman–Crippen MR) is 62.7 cm³/mol. The maximum absolute atomic E-state index is 9.50. The summed E-state index contributed by atoms with van der Waals surface area (Å²) in [4.78, 5) is 0. The van der Waals surface area contributed by atoms with Crippen LogP contribution in [0.25, 0.3) is 0 Å². The first-order valence-corrected chi connectivity index (χ1v) is 4.93. The maximum atomic E-state index is 9.50. The van der Waals surface area contributed by atoms with Crippen molar-refractivity contribution in [2.24, 2.45) is 0 Å². The Morgan fingerprint density at radius 2 is 1.56 bits per heavy atom. The van der Waals surface area contributed by atoms with Crippen LogP contribution >= 0.6 is 0 Å². The van der Waals surface area contributed by atoms with Crippen molar-refractivity contribution in [3.63, 3.8) is 0 Å². The summed E-state index contributed by atoms with van der Waals surface area (Å²) in [7, 11) is 3.17. The number of hydrogen-bond donors (Lipinski definition) is 1. The Morgan fingerprint density at radius 3 is 1.94 bits per heavy atom. The molecule has 1 rings (SSSR count). The quantitative estimate of drug-likeness (QED) is 0.773. The number of methoxy groups -OCH3 is 2. The van der Waals surface area contributed by atoms with Crippen molar-refractivity contribution in [2.75, 3.05) is 14.2 Å². The molecule has 0 saturated carbocycles. The van der Waals surface area contributed by atoms with Crippen LogP contribution in [-0.4, -0.2) is 24.9 Å². The molecule has 0 saturated heterocycles. The molecule has 0 spiro atoms. The monoisotopic (exact) mass is 220 g/mol. The molecule has 0 heterocycles. The van der Waals surface area contributed by atoms with E-state index in [1.54, 1.807) is 46.3 Å². The fraction of sp³-hybridized carbons (Fsp3) is 0.385. The number of hydrogen-bond acceptors (Lipinski definition) is 3. The Balaban J connectivity index is 3.07. The van der Waals surface area contributed by atoms with E-state index >= 15 is 0 Å². The molecule has 3 nitrogen and oxygen atoms in total. The molecule has 1 aromatic carbocycles. The first-order valence-electron chi connectivity index (χ1n) is 4.93. The van der Waals surface area contributed by atoms with Crippen LogP contribution in [-0.2, 0) is 0 Å². The van der Waals surface area contributed by atoms with E-state index in [4.69, 9.17) is 9.47 Å². The van der Waals surface area contributed by atoms with Crippen LogP contribution in [0.1, 0.15) is 19.4 Å². The maximum Gasteiger partial charge on any atom is 0.123 e. The van der Waals surface area contributed by atoms with Crippen LogP contribution in [0.15, 0.2) is 18.2 Å². The number of benzene rings is 1. The molecule has 0 aliphatic heterocycles. The highest BCUT2D eigenvalue weighted by molar-refractivity contribution is 5.46. The van der Waals surface area contributed by atoms with Gasteiger partial charge in [0.15, 0.2) is 0 Å². The van der Waals surface area contributed by atoms with Gasteiger partial charge in [0.25, 0.3) is 0 Å². The first kappa shape index (κ1) is 12.4. The lowest BCUT2D eigenvalue weighted by Crippen LogP contribution is -2.14. The molecular formula is C13H16O3. The molecule has 0 aliphatic carbocycles. The molecule has 1 aromatic rings. The predicted octanol–water partition coefficient (Wildman–Crippen LogP) is 1.83. The van der Waals surface area contributed by atoms with Crippen molar-refractivity contribution >= 4 is 0 Å². The van der Waals surface area contributed by atoms with E-state index in [1.165, 1.54) is 0 Å². The normalized spacial score (nSPS) is 10.3. The van der Waals surface area contributed by atoms with Gasteiger partial charge in [0.2, 0.25) is 0 Å². The number of rotatable bonds is 2. The lowest BCUT2D eigenvalue weighted by Gasteiger charge is -2.07. The topological polar surface area (TPSA) is 38.7 Å². The molecule has 0 aromatic heterocycles. The van der Waals surface area contributed by atoms with Gasteiger partial charge >= 0.3 is 0 Å². The highest BCUT2D eigenvalue weighted by Gasteiger charge is 2.06. The van der Waals surface area contributed by atoms with E-state index in [0.29, 0.717) is 11.5 Å². The lowest BCUT2D eigenvalue weighted by molar-refractivity contribution is 0.143. The van der Waals surface area contributed by atoms with Crippen LogP contribution in [0.3, 0.4) is 0 Å². The van der Waals surface area contributed by atoms with Gasteiger partial charge in [0.05, 0.1) is 14.2 Å². The molecule has 0 aliphatic rings. The Kier molecular flexibility index (Phi) is 3.81. The zero-order valence-electron chi connectivity index (χ0n) is 10.00. The Bertz CT molecular complexity index is 397. The van der Waals surface area contributed by atoms with Crippen LogP contribution < -0.4 is 9.47 Å². The van der Waals surface area contributed by atoms with E-state index in [2.05, 4.69) is 11.8 Å². The van der Waals surface area contributed by atoms with Crippen LogP contribution in [0.5, 0.6) is 11.5 Å². The number of aliphatic hydroxyl groups is 1. The summed E-state index contributed by atoms with van der Waals surface area (Å²) < 4.78 is 10.2. The van der Waals surface area contributed by atoms with E-state index in [0.717, 1.165) is 5.56 Å².